The van der Waals surface area contributed by atoms with E-state index in [9.17, 15) is 5.11 Å². The van der Waals surface area contributed by atoms with Gasteiger partial charge in [-0.3, -0.25) is 0 Å². The highest BCUT2D eigenvalue weighted by atomic mass is 16.5. The first-order valence-corrected chi connectivity index (χ1v) is 7.51. The highest BCUT2D eigenvalue weighted by molar-refractivity contribution is 5.43. The Labute approximate surface area is 121 Å². The molecule has 3 nitrogen and oxygen atoms in total. The van der Waals surface area contributed by atoms with E-state index in [0.717, 1.165) is 48.1 Å². The molecule has 1 aliphatic rings. The number of hydrogen-bond acceptors (Lipinski definition) is 3. The number of hydrogen-bond donors (Lipinski definition) is 1. The highest BCUT2D eigenvalue weighted by Gasteiger charge is 2.42. The third kappa shape index (κ3) is 2.70. The molecule has 0 radical (unpaired) electrons. The summed E-state index contributed by atoms with van der Waals surface area (Å²) in [5.74, 6) is 0.871. The van der Waals surface area contributed by atoms with Gasteiger partial charge >= 0.3 is 0 Å². The number of methoxy groups -OCH3 is 1. The Hall–Kier alpha value is -1.06. The molecule has 1 saturated carbocycles. The van der Waals surface area contributed by atoms with Crippen LogP contribution in [-0.2, 0) is 4.74 Å². The molecule has 112 valence electrons. The minimum absolute atomic E-state index is 0.402. The van der Waals surface area contributed by atoms with Crippen molar-refractivity contribution < 1.29 is 14.6 Å². The average Bonchev–Trinajstić information content (AvgIpc) is 2.90. The normalized spacial score (nSPS) is 19.1. The fourth-order valence-corrected chi connectivity index (χ4v) is 3.37. The van der Waals surface area contributed by atoms with Crippen LogP contribution in [-0.4, -0.2) is 24.4 Å². The number of benzene rings is 1. The molecule has 0 aliphatic heterocycles. The van der Waals surface area contributed by atoms with Crippen LogP contribution in [0.15, 0.2) is 12.1 Å². The van der Waals surface area contributed by atoms with E-state index >= 15 is 0 Å². The second-order valence-corrected chi connectivity index (χ2v) is 5.79. The summed E-state index contributed by atoms with van der Waals surface area (Å²) in [6, 6.07) is 4.04. The summed E-state index contributed by atoms with van der Waals surface area (Å²) < 4.78 is 11.3. The van der Waals surface area contributed by atoms with E-state index in [1.165, 1.54) is 0 Å². The minimum atomic E-state index is -0.561. The lowest BCUT2D eigenvalue weighted by atomic mass is 9.86. The number of aliphatic hydroxyl groups excluding tert-OH is 1. The van der Waals surface area contributed by atoms with Gasteiger partial charge in [0.05, 0.1) is 12.7 Å². The summed E-state index contributed by atoms with van der Waals surface area (Å²) in [6.07, 6.45) is 3.57. The number of aryl methyl sites for hydroxylation is 2. The molecule has 1 N–H and O–H groups in total. The molecule has 1 unspecified atom stereocenters. The molecule has 1 fully saturated rings. The zero-order valence-electron chi connectivity index (χ0n) is 13.0. The van der Waals surface area contributed by atoms with E-state index in [2.05, 4.69) is 0 Å². The molecule has 1 aromatic rings. The molecule has 0 bridgehead atoms. The Balaban J connectivity index is 2.36. The second kappa shape index (κ2) is 6.15. The SMILES string of the molecule is CCOC1(C(O)c2cc(C)c(OC)cc2C)CCCC1. The van der Waals surface area contributed by atoms with Crippen molar-refractivity contribution in [3.63, 3.8) is 0 Å². The Morgan fingerprint density at radius 2 is 1.85 bits per heavy atom. The third-order valence-corrected chi connectivity index (χ3v) is 4.46. The molecule has 1 atom stereocenters. The van der Waals surface area contributed by atoms with Crippen molar-refractivity contribution in [3.8, 4) is 5.75 Å². The lowest BCUT2D eigenvalue weighted by Crippen LogP contribution is -2.37. The Morgan fingerprint density at radius 3 is 2.40 bits per heavy atom. The Bertz CT molecular complexity index is 462. The van der Waals surface area contributed by atoms with Gasteiger partial charge in [-0.25, -0.2) is 0 Å². The van der Waals surface area contributed by atoms with E-state index in [1.807, 2.05) is 32.9 Å². The highest BCUT2D eigenvalue weighted by Crippen LogP contribution is 2.44. The molecule has 0 aromatic heterocycles. The molecular formula is C17H26O3. The van der Waals surface area contributed by atoms with E-state index in [-0.39, 0.29) is 0 Å². The van der Waals surface area contributed by atoms with Gasteiger partial charge in [-0.15, -0.1) is 0 Å². The fourth-order valence-electron chi connectivity index (χ4n) is 3.37. The first-order chi connectivity index (χ1) is 9.54. The monoisotopic (exact) mass is 278 g/mol. The standard InChI is InChI=1S/C17H26O3/c1-5-20-17(8-6-7-9-17)16(18)14-10-13(3)15(19-4)11-12(14)2/h10-11,16,18H,5-9H2,1-4H3. The van der Waals surface area contributed by atoms with E-state index in [4.69, 9.17) is 9.47 Å². The predicted molar refractivity (Wildman–Crippen MR) is 80.3 cm³/mol. The quantitative estimate of drug-likeness (QED) is 0.892. The third-order valence-electron chi connectivity index (χ3n) is 4.46. The van der Waals surface area contributed by atoms with E-state index < -0.39 is 11.7 Å². The molecule has 20 heavy (non-hydrogen) atoms. The van der Waals surface area contributed by atoms with Crippen LogP contribution in [0.25, 0.3) is 0 Å². The zero-order valence-corrected chi connectivity index (χ0v) is 13.0. The van der Waals surface area contributed by atoms with Crippen molar-refractivity contribution >= 4 is 0 Å². The van der Waals surface area contributed by atoms with Gasteiger partial charge < -0.3 is 14.6 Å². The summed E-state index contributed by atoms with van der Waals surface area (Å²) in [5, 5.41) is 10.9. The maximum atomic E-state index is 10.9. The molecule has 1 aromatic carbocycles. The van der Waals surface area contributed by atoms with Crippen molar-refractivity contribution in [2.45, 2.75) is 58.2 Å². The van der Waals surface area contributed by atoms with Gasteiger partial charge in [0.15, 0.2) is 0 Å². The smallest absolute Gasteiger partial charge is 0.122 e. The Morgan fingerprint density at radius 1 is 1.20 bits per heavy atom. The molecule has 2 rings (SSSR count). The molecule has 3 heteroatoms. The summed E-state index contributed by atoms with van der Waals surface area (Å²) in [4.78, 5) is 0. The summed E-state index contributed by atoms with van der Waals surface area (Å²) >= 11 is 0. The topological polar surface area (TPSA) is 38.7 Å². The van der Waals surface area contributed by atoms with Gasteiger partial charge in [0, 0.05) is 6.61 Å². The lowest BCUT2D eigenvalue weighted by Gasteiger charge is -2.35. The zero-order chi connectivity index (χ0) is 14.8. The van der Waals surface area contributed by atoms with E-state index in [0.29, 0.717) is 6.61 Å². The van der Waals surface area contributed by atoms with Gasteiger partial charge in [0.25, 0.3) is 0 Å². The molecule has 0 heterocycles. The maximum absolute atomic E-state index is 10.9. The summed E-state index contributed by atoms with van der Waals surface area (Å²) in [7, 11) is 1.68. The Kier molecular flexibility index (Phi) is 4.71. The number of ether oxygens (including phenoxy) is 2. The first-order valence-electron chi connectivity index (χ1n) is 7.51. The van der Waals surface area contributed by atoms with Crippen molar-refractivity contribution in [3.05, 3.63) is 28.8 Å². The van der Waals surface area contributed by atoms with Crippen molar-refractivity contribution in [1.82, 2.24) is 0 Å². The summed E-state index contributed by atoms with van der Waals surface area (Å²) in [6.45, 7) is 6.68. The van der Waals surface area contributed by atoms with Gasteiger partial charge in [0.1, 0.15) is 11.9 Å². The predicted octanol–water partition coefficient (Wildman–Crippen LogP) is 3.69. The lowest BCUT2D eigenvalue weighted by molar-refractivity contribution is -0.118. The molecule has 0 amide bonds. The van der Waals surface area contributed by atoms with Crippen LogP contribution < -0.4 is 4.74 Å². The van der Waals surface area contributed by atoms with Gasteiger partial charge in [-0.2, -0.15) is 0 Å². The van der Waals surface area contributed by atoms with Gasteiger partial charge in [-0.1, -0.05) is 12.8 Å². The molecule has 0 saturated heterocycles. The fraction of sp³-hybridized carbons (Fsp3) is 0.647. The van der Waals surface area contributed by atoms with Crippen LogP contribution in [0.5, 0.6) is 5.75 Å². The van der Waals surface area contributed by atoms with Crippen molar-refractivity contribution in [1.29, 1.82) is 0 Å². The number of rotatable bonds is 5. The van der Waals surface area contributed by atoms with Crippen LogP contribution in [0.1, 0.15) is 55.4 Å². The number of aliphatic hydroxyl groups is 1. The van der Waals surface area contributed by atoms with E-state index in [1.54, 1.807) is 7.11 Å². The largest absolute Gasteiger partial charge is 0.496 e. The van der Waals surface area contributed by atoms with Crippen LogP contribution in [0.3, 0.4) is 0 Å². The minimum Gasteiger partial charge on any atom is -0.496 e. The first kappa shape index (κ1) is 15.3. The summed E-state index contributed by atoms with van der Waals surface area (Å²) in [5.41, 5.74) is 2.68. The van der Waals surface area contributed by atoms with Gasteiger partial charge in [-0.05, 0) is 62.4 Å². The van der Waals surface area contributed by atoms with Gasteiger partial charge in [0.2, 0.25) is 0 Å². The van der Waals surface area contributed by atoms with Crippen LogP contribution in [0, 0.1) is 13.8 Å². The molecule has 0 spiro atoms. The van der Waals surface area contributed by atoms with Crippen LogP contribution in [0.4, 0.5) is 0 Å². The van der Waals surface area contributed by atoms with Crippen molar-refractivity contribution in [2.75, 3.05) is 13.7 Å². The average molecular weight is 278 g/mol. The van der Waals surface area contributed by atoms with Crippen molar-refractivity contribution in [2.24, 2.45) is 0 Å². The molecular weight excluding hydrogens is 252 g/mol. The van der Waals surface area contributed by atoms with Crippen LogP contribution >= 0.6 is 0 Å². The second-order valence-electron chi connectivity index (χ2n) is 5.79. The van der Waals surface area contributed by atoms with Crippen LogP contribution in [0.2, 0.25) is 0 Å². The molecule has 1 aliphatic carbocycles. The maximum Gasteiger partial charge on any atom is 0.122 e.